The molecule has 1 amide bonds. The molecular weight excluding hydrogens is 423 g/mol. The quantitative estimate of drug-likeness (QED) is 0.579. The minimum absolute atomic E-state index is 0.244. The summed E-state index contributed by atoms with van der Waals surface area (Å²) in [6.45, 7) is 4.00. The second-order valence-electron chi connectivity index (χ2n) is 6.72. The Morgan fingerprint density at radius 3 is 2.23 bits per heavy atom. The fourth-order valence-corrected chi connectivity index (χ4v) is 2.83. The van der Waals surface area contributed by atoms with Gasteiger partial charge in [0.2, 0.25) is 5.91 Å². The summed E-state index contributed by atoms with van der Waals surface area (Å²) in [5.41, 5.74) is 1.98. The van der Waals surface area contributed by atoms with E-state index in [0.29, 0.717) is 0 Å². The molecule has 0 atom stereocenters. The predicted octanol–water partition coefficient (Wildman–Crippen LogP) is 0.286. The maximum absolute atomic E-state index is 11.6. The molecule has 1 aliphatic heterocycles. The van der Waals surface area contributed by atoms with Crippen LogP contribution in [0.15, 0.2) is 30.6 Å². The number of amides is 1. The summed E-state index contributed by atoms with van der Waals surface area (Å²) in [5, 5.41) is 18.1. The Labute approximate surface area is 174 Å². The summed E-state index contributed by atoms with van der Waals surface area (Å²) < 4.78 is 33.7. The number of carbonyl (C=O) groups is 3. The molecule has 1 aliphatic rings. The van der Waals surface area contributed by atoms with Crippen molar-refractivity contribution in [1.29, 1.82) is 0 Å². The number of hydrogen-bond acceptors (Lipinski definition) is 6. The number of aliphatic carboxylic acids is 2. The number of halogens is 3. The first-order valence-electron chi connectivity index (χ1n) is 9.20. The highest BCUT2D eigenvalue weighted by Crippen LogP contribution is 2.13. The summed E-state index contributed by atoms with van der Waals surface area (Å²) >= 11 is 0. The van der Waals surface area contributed by atoms with Gasteiger partial charge >= 0.3 is 18.1 Å². The number of aromatic nitrogens is 2. The van der Waals surface area contributed by atoms with Crippen LogP contribution in [-0.2, 0) is 20.9 Å². The molecule has 0 spiro atoms. The second kappa shape index (κ2) is 10.7. The number of rotatable bonds is 6. The standard InChI is InChI=1S/C16H21N5O3.C2HF3O2/c22-15(17-9-16(23)24)12-20-7-5-19(6-8-20)10-13-11-21-4-2-1-3-14(21)18-13;3-2(4,5)1(6)7/h1-4,11H,5-10,12H2,(H,17,22)(H,23,24);(H,6,7). The molecule has 13 heteroatoms. The van der Waals surface area contributed by atoms with Crippen molar-refractivity contribution >= 4 is 23.5 Å². The molecule has 0 radical (unpaired) electrons. The highest BCUT2D eigenvalue weighted by atomic mass is 19.4. The molecule has 31 heavy (non-hydrogen) atoms. The highest BCUT2D eigenvalue weighted by Gasteiger charge is 2.38. The molecule has 3 rings (SSSR count). The molecule has 0 aliphatic carbocycles. The van der Waals surface area contributed by atoms with Crippen LogP contribution in [0.4, 0.5) is 13.2 Å². The van der Waals surface area contributed by atoms with E-state index < -0.39 is 18.1 Å². The maximum Gasteiger partial charge on any atom is 0.490 e. The summed E-state index contributed by atoms with van der Waals surface area (Å²) in [4.78, 5) is 39.9. The Hall–Kier alpha value is -3.19. The first-order valence-corrected chi connectivity index (χ1v) is 9.20. The highest BCUT2D eigenvalue weighted by molar-refractivity contribution is 5.82. The summed E-state index contributed by atoms with van der Waals surface area (Å²) in [6, 6.07) is 5.93. The SMILES string of the molecule is O=C(O)C(F)(F)F.O=C(O)CNC(=O)CN1CCN(Cc2cn3ccccc3n2)CC1. The number of fused-ring (bicyclic) bond motifs is 1. The smallest absolute Gasteiger partial charge is 0.480 e. The lowest BCUT2D eigenvalue weighted by Crippen LogP contribution is -2.49. The first-order chi connectivity index (χ1) is 14.5. The van der Waals surface area contributed by atoms with Crippen LogP contribution in [0, 0.1) is 0 Å². The molecule has 2 aromatic rings. The summed E-state index contributed by atoms with van der Waals surface area (Å²) in [6.07, 6.45) is -1.05. The van der Waals surface area contributed by atoms with Crippen molar-refractivity contribution in [2.75, 3.05) is 39.3 Å². The predicted molar refractivity (Wildman–Crippen MR) is 101 cm³/mol. The molecular formula is C18H22F3N5O5. The van der Waals surface area contributed by atoms with Gasteiger partial charge in [0.1, 0.15) is 12.2 Å². The summed E-state index contributed by atoms with van der Waals surface area (Å²) in [7, 11) is 0. The molecule has 170 valence electrons. The molecule has 10 nitrogen and oxygen atoms in total. The Bertz CT molecular complexity index is 876. The van der Waals surface area contributed by atoms with Crippen molar-refractivity contribution in [3.63, 3.8) is 0 Å². The third-order valence-electron chi connectivity index (χ3n) is 4.31. The van der Waals surface area contributed by atoms with E-state index in [1.165, 1.54) is 0 Å². The molecule has 0 saturated carbocycles. The molecule has 0 aromatic carbocycles. The number of carboxylic acid groups (broad SMARTS) is 2. The van der Waals surface area contributed by atoms with Crippen LogP contribution in [0.2, 0.25) is 0 Å². The van der Waals surface area contributed by atoms with Gasteiger partial charge in [-0.2, -0.15) is 13.2 Å². The summed E-state index contributed by atoms with van der Waals surface area (Å²) in [5.74, 6) is -4.03. The third kappa shape index (κ3) is 8.22. The van der Waals surface area contributed by atoms with Gasteiger partial charge in [-0.15, -0.1) is 0 Å². The van der Waals surface area contributed by atoms with Crippen LogP contribution >= 0.6 is 0 Å². The van der Waals surface area contributed by atoms with Gasteiger partial charge in [-0.05, 0) is 12.1 Å². The minimum Gasteiger partial charge on any atom is -0.480 e. The van der Waals surface area contributed by atoms with E-state index in [0.717, 1.165) is 44.1 Å². The Morgan fingerprint density at radius 2 is 1.68 bits per heavy atom. The van der Waals surface area contributed by atoms with Crippen LogP contribution in [0.3, 0.4) is 0 Å². The molecule has 1 fully saturated rings. The average molecular weight is 445 g/mol. The van der Waals surface area contributed by atoms with Gasteiger partial charge in [0, 0.05) is 45.1 Å². The number of carboxylic acids is 2. The fraction of sp³-hybridized carbons (Fsp3) is 0.444. The molecule has 1 saturated heterocycles. The lowest BCUT2D eigenvalue weighted by atomic mass is 10.3. The fourth-order valence-electron chi connectivity index (χ4n) is 2.83. The number of hydrogen-bond donors (Lipinski definition) is 3. The molecule has 0 unspecified atom stereocenters. The van der Waals surface area contributed by atoms with Gasteiger partial charge in [-0.1, -0.05) is 6.07 Å². The van der Waals surface area contributed by atoms with Crippen molar-refractivity contribution in [3.05, 3.63) is 36.3 Å². The number of imidazole rings is 1. The van der Waals surface area contributed by atoms with Gasteiger partial charge in [-0.25, -0.2) is 9.78 Å². The maximum atomic E-state index is 11.6. The molecule has 0 bridgehead atoms. The number of alkyl halides is 3. The number of piperazine rings is 1. The minimum atomic E-state index is -5.08. The molecule has 3 N–H and O–H groups in total. The van der Waals surface area contributed by atoms with Crippen LogP contribution < -0.4 is 5.32 Å². The topological polar surface area (TPSA) is 127 Å². The zero-order valence-electron chi connectivity index (χ0n) is 16.4. The van der Waals surface area contributed by atoms with E-state index in [-0.39, 0.29) is 19.0 Å². The zero-order valence-corrected chi connectivity index (χ0v) is 16.4. The normalized spacial score (nSPS) is 15.2. The lowest BCUT2D eigenvalue weighted by molar-refractivity contribution is -0.192. The van der Waals surface area contributed by atoms with Crippen LogP contribution in [-0.4, -0.2) is 92.7 Å². The van der Waals surface area contributed by atoms with Crippen LogP contribution in [0.25, 0.3) is 5.65 Å². The van der Waals surface area contributed by atoms with Gasteiger partial charge in [0.25, 0.3) is 0 Å². The largest absolute Gasteiger partial charge is 0.490 e. The number of pyridine rings is 1. The molecule has 2 aromatic heterocycles. The average Bonchev–Trinajstić information content (AvgIpc) is 3.10. The zero-order chi connectivity index (χ0) is 23.0. The van der Waals surface area contributed by atoms with E-state index >= 15 is 0 Å². The number of carbonyl (C=O) groups excluding carboxylic acids is 1. The van der Waals surface area contributed by atoms with E-state index in [2.05, 4.69) is 15.2 Å². The van der Waals surface area contributed by atoms with E-state index in [1.54, 1.807) is 0 Å². The van der Waals surface area contributed by atoms with Crippen molar-refractivity contribution in [1.82, 2.24) is 24.5 Å². The van der Waals surface area contributed by atoms with Gasteiger partial charge in [-0.3, -0.25) is 19.4 Å². The van der Waals surface area contributed by atoms with E-state index in [1.807, 2.05) is 39.9 Å². The monoisotopic (exact) mass is 445 g/mol. The lowest BCUT2D eigenvalue weighted by Gasteiger charge is -2.33. The Morgan fingerprint density at radius 1 is 1.06 bits per heavy atom. The van der Waals surface area contributed by atoms with Crippen molar-refractivity contribution in [2.45, 2.75) is 12.7 Å². The van der Waals surface area contributed by atoms with Crippen LogP contribution in [0.5, 0.6) is 0 Å². The van der Waals surface area contributed by atoms with Gasteiger partial charge < -0.3 is 19.9 Å². The Kier molecular flexibility index (Phi) is 8.33. The number of nitrogens with zero attached hydrogens (tertiary/aromatic N) is 4. The van der Waals surface area contributed by atoms with Crippen molar-refractivity contribution in [2.24, 2.45) is 0 Å². The van der Waals surface area contributed by atoms with Crippen molar-refractivity contribution in [3.8, 4) is 0 Å². The third-order valence-corrected chi connectivity index (χ3v) is 4.31. The van der Waals surface area contributed by atoms with E-state index in [9.17, 15) is 22.8 Å². The van der Waals surface area contributed by atoms with Crippen molar-refractivity contribution < 1.29 is 37.8 Å². The van der Waals surface area contributed by atoms with Gasteiger partial charge in [0.15, 0.2) is 0 Å². The Balaban J connectivity index is 0.000000423. The van der Waals surface area contributed by atoms with E-state index in [4.69, 9.17) is 15.0 Å². The first kappa shape index (κ1) is 24.1. The van der Waals surface area contributed by atoms with Crippen LogP contribution in [0.1, 0.15) is 5.69 Å². The number of nitrogens with one attached hydrogen (secondary N) is 1. The van der Waals surface area contributed by atoms with Gasteiger partial charge in [0.05, 0.1) is 12.2 Å². The molecule has 3 heterocycles. The second-order valence-corrected chi connectivity index (χ2v) is 6.72.